The van der Waals surface area contributed by atoms with Crippen molar-refractivity contribution in [3.8, 4) is 0 Å². The van der Waals surface area contributed by atoms with Crippen LogP contribution in [0.3, 0.4) is 0 Å². The Balaban J connectivity index is 2.11. The molecule has 1 aromatic rings. The molecule has 0 aromatic heterocycles. The summed E-state index contributed by atoms with van der Waals surface area (Å²) in [5.41, 5.74) is 8.13. The van der Waals surface area contributed by atoms with Crippen molar-refractivity contribution in [1.29, 1.82) is 0 Å². The maximum Gasteiger partial charge on any atom is 0.410 e. The van der Waals surface area contributed by atoms with Gasteiger partial charge >= 0.3 is 6.09 Å². The molecule has 176 valence electrons. The molecule has 32 heavy (non-hydrogen) atoms. The number of hydrogen-bond donors (Lipinski definition) is 1. The molecular weight excluding hydrogens is 404 g/mol. The fourth-order valence-corrected chi connectivity index (χ4v) is 4.41. The zero-order valence-corrected chi connectivity index (χ0v) is 20.4. The molecule has 2 amide bonds. The average molecular weight is 443 g/mol. The van der Waals surface area contributed by atoms with Crippen molar-refractivity contribution < 1.29 is 14.3 Å². The van der Waals surface area contributed by atoms with Crippen molar-refractivity contribution in [1.82, 2.24) is 4.90 Å². The molecule has 2 aliphatic rings. The molecular formula is C25H38N4O3. The number of ether oxygens (including phenoxy) is 1. The molecule has 1 aromatic carbocycles. The van der Waals surface area contributed by atoms with Crippen LogP contribution in [0, 0.1) is 5.41 Å². The third kappa shape index (κ3) is 5.31. The van der Waals surface area contributed by atoms with Gasteiger partial charge in [0.05, 0.1) is 17.4 Å². The number of benzodiazepines with no additional fused rings is 1. The number of para-hydroxylation sites is 1. The predicted octanol–water partition coefficient (Wildman–Crippen LogP) is 4.33. The SMILES string of the molecule is CCCN1C(=O)C(N)N=C(C2CCC(C)(C)CCN2C(=O)OC(C)(C)C)c2ccccc21. The Bertz CT molecular complexity index is 887. The molecule has 7 nitrogen and oxygen atoms in total. The van der Waals surface area contributed by atoms with Crippen molar-refractivity contribution >= 4 is 23.4 Å². The van der Waals surface area contributed by atoms with E-state index in [1.54, 1.807) is 9.80 Å². The zero-order chi connectivity index (χ0) is 23.7. The predicted molar refractivity (Wildman–Crippen MR) is 128 cm³/mol. The number of aliphatic imine (C=N–C) groups is 1. The molecule has 3 rings (SSSR count). The lowest BCUT2D eigenvalue weighted by molar-refractivity contribution is -0.119. The first kappa shape index (κ1) is 24.2. The lowest BCUT2D eigenvalue weighted by Gasteiger charge is -2.33. The van der Waals surface area contributed by atoms with Crippen LogP contribution in [-0.4, -0.2) is 53.5 Å². The largest absolute Gasteiger partial charge is 0.444 e. The Hall–Kier alpha value is -2.41. The van der Waals surface area contributed by atoms with E-state index in [1.165, 1.54) is 0 Å². The van der Waals surface area contributed by atoms with Crippen LogP contribution in [0.2, 0.25) is 0 Å². The normalized spacial score (nSPS) is 23.7. The molecule has 0 spiro atoms. The number of hydrogen-bond acceptors (Lipinski definition) is 5. The number of anilines is 1. The summed E-state index contributed by atoms with van der Waals surface area (Å²) in [6, 6.07) is 7.47. The highest BCUT2D eigenvalue weighted by atomic mass is 16.6. The van der Waals surface area contributed by atoms with Crippen LogP contribution < -0.4 is 10.6 Å². The third-order valence-electron chi connectivity index (χ3n) is 6.16. The standard InChI is InChI=1S/C25H38N4O3/c1-7-15-28-18-11-9-8-10-17(18)20(27-21(26)22(28)30)19-12-13-25(5,6)14-16-29(19)23(31)32-24(2,3)4/h8-11,19,21H,7,12-16,26H2,1-6H3. The summed E-state index contributed by atoms with van der Waals surface area (Å²) in [5.74, 6) is -0.216. The maximum absolute atomic E-state index is 13.3. The second kappa shape index (κ2) is 9.22. The summed E-state index contributed by atoms with van der Waals surface area (Å²) in [6.07, 6.45) is 1.98. The molecule has 0 aliphatic carbocycles. The third-order valence-corrected chi connectivity index (χ3v) is 6.16. The topological polar surface area (TPSA) is 88.2 Å². The highest BCUT2D eigenvalue weighted by molar-refractivity contribution is 6.15. The minimum absolute atomic E-state index is 0.0893. The summed E-state index contributed by atoms with van der Waals surface area (Å²) < 4.78 is 5.77. The van der Waals surface area contributed by atoms with Gasteiger partial charge in [-0.2, -0.15) is 0 Å². The molecule has 2 heterocycles. The van der Waals surface area contributed by atoms with Gasteiger partial charge in [-0.25, -0.2) is 4.79 Å². The lowest BCUT2D eigenvalue weighted by Crippen LogP contribution is -2.47. The quantitative estimate of drug-likeness (QED) is 0.754. The molecule has 1 saturated heterocycles. The van der Waals surface area contributed by atoms with Crippen LogP contribution in [0.5, 0.6) is 0 Å². The number of likely N-dealkylation sites (tertiary alicyclic amines) is 1. The number of benzene rings is 1. The van der Waals surface area contributed by atoms with Crippen LogP contribution in [-0.2, 0) is 9.53 Å². The molecule has 2 N–H and O–H groups in total. The molecule has 2 atom stereocenters. The molecule has 2 unspecified atom stereocenters. The van der Waals surface area contributed by atoms with Gasteiger partial charge in [-0.15, -0.1) is 0 Å². The van der Waals surface area contributed by atoms with E-state index in [9.17, 15) is 9.59 Å². The highest BCUT2D eigenvalue weighted by Gasteiger charge is 2.40. The fourth-order valence-electron chi connectivity index (χ4n) is 4.41. The lowest BCUT2D eigenvalue weighted by atomic mass is 9.84. The summed E-state index contributed by atoms with van der Waals surface area (Å²) in [5, 5.41) is 0. The van der Waals surface area contributed by atoms with Crippen molar-refractivity contribution in [2.24, 2.45) is 16.1 Å². The van der Waals surface area contributed by atoms with Crippen LogP contribution in [0.25, 0.3) is 0 Å². The van der Waals surface area contributed by atoms with Gasteiger partial charge in [-0.05, 0) is 57.9 Å². The second-order valence-electron chi connectivity index (χ2n) is 10.6. The van der Waals surface area contributed by atoms with Crippen LogP contribution in [0.4, 0.5) is 10.5 Å². The molecule has 0 radical (unpaired) electrons. The van der Waals surface area contributed by atoms with Crippen LogP contribution in [0.15, 0.2) is 29.3 Å². The Labute approximate surface area is 192 Å². The zero-order valence-electron chi connectivity index (χ0n) is 20.4. The van der Waals surface area contributed by atoms with Gasteiger partial charge in [0.1, 0.15) is 5.60 Å². The molecule has 7 heteroatoms. The Morgan fingerprint density at radius 3 is 2.59 bits per heavy atom. The first-order valence-electron chi connectivity index (χ1n) is 11.7. The summed E-state index contributed by atoms with van der Waals surface area (Å²) in [6.45, 7) is 13.2. The van der Waals surface area contributed by atoms with Gasteiger partial charge in [0.2, 0.25) is 0 Å². The van der Waals surface area contributed by atoms with Gasteiger partial charge in [0.25, 0.3) is 5.91 Å². The van der Waals surface area contributed by atoms with E-state index in [0.717, 1.165) is 36.9 Å². The van der Waals surface area contributed by atoms with Crippen molar-refractivity contribution in [2.75, 3.05) is 18.0 Å². The minimum atomic E-state index is -0.999. The van der Waals surface area contributed by atoms with Crippen molar-refractivity contribution in [3.05, 3.63) is 29.8 Å². The Morgan fingerprint density at radius 2 is 1.94 bits per heavy atom. The van der Waals surface area contributed by atoms with E-state index in [2.05, 4.69) is 13.8 Å². The molecule has 0 saturated carbocycles. The monoisotopic (exact) mass is 442 g/mol. The van der Waals surface area contributed by atoms with E-state index >= 15 is 0 Å². The van der Waals surface area contributed by atoms with Gasteiger partial charge in [-0.3, -0.25) is 14.7 Å². The number of rotatable bonds is 3. The summed E-state index contributed by atoms with van der Waals surface area (Å²) in [7, 11) is 0. The fraction of sp³-hybridized carbons (Fsp3) is 0.640. The number of carbonyl (C=O) groups excluding carboxylic acids is 2. The number of carbonyl (C=O) groups is 2. The van der Waals surface area contributed by atoms with E-state index in [0.29, 0.717) is 18.8 Å². The van der Waals surface area contributed by atoms with Crippen LogP contribution in [0.1, 0.15) is 72.8 Å². The second-order valence-corrected chi connectivity index (χ2v) is 10.6. The van der Waals surface area contributed by atoms with Crippen molar-refractivity contribution in [2.45, 2.75) is 85.0 Å². The smallest absolute Gasteiger partial charge is 0.410 e. The summed E-state index contributed by atoms with van der Waals surface area (Å²) in [4.78, 5) is 34.6. The average Bonchev–Trinajstić information content (AvgIpc) is 2.92. The molecule has 1 fully saturated rings. The van der Waals surface area contributed by atoms with E-state index in [1.807, 2.05) is 52.0 Å². The van der Waals surface area contributed by atoms with Crippen molar-refractivity contribution in [3.63, 3.8) is 0 Å². The van der Waals surface area contributed by atoms with E-state index < -0.39 is 11.8 Å². The van der Waals surface area contributed by atoms with Gasteiger partial charge in [0, 0.05) is 18.7 Å². The Kier molecular flexibility index (Phi) is 6.98. The Morgan fingerprint density at radius 1 is 1.25 bits per heavy atom. The van der Waals surface area contributed by atoms with Gasteiger partial charge in [0.15, 0.2) is 6.17 Å². The number of amides is 2. The van der Waals surface area contributed by atoms with Gasteiger partial charge < -0.3 is 15.4 Å². The van der Waals surface area contributed by atoms with Gasteiger partial charge in [-0.1, -0.05) is 39.0 Å². The number of fused-ring (bicyclic) bond motifs is 1. The minimum Gasteiger partial charge on any atom is -0.444 e. The maximum atomic E-state index is 13.3. The van der Waals surface area contributed by atoms with Crippen LogP contribution >= 0.6 is 0 Å². The van der Waals surface area contributed by atoms with E-state index in [4.69, 9.17) is 15.5 Å². The number of nitrogens with two attached hydrogens (primary N) is 1. The highest BCUT2D eigenvalue weighted by Crippen LogP contribution is 2.36. The first-order chi connectivity index (χ1) is 14.9. The number of nitrogens with zero attached hydrogens (tertiary/aromatic N) is 3. The van der Waals surface area contributed by atoms with E-state index in [-0.39, 0.29) is 23.5 Å². The first-order valence-corrected chi connectivity index (χ1v) is 11.7. The molecule has 2 aliphatic heterocycles. The summed E-state index contributed by atoms with van der Waals surface area (Å²) >= 11 is 0. The molecule has 0 bridgehead atoms.